The molecule has 0 unspecified atom stereocenters. The third kappa shape index (κ3) is 4.50. The smallest absolute Gasteiger partial charge is 0.315 e. The average molecular weight is 326 g/mol. The van der Waals surface area contributed by atoms with Crippen LogP contribution in [0.4, 0.5) is 15.0 Å². The molecule has 2 amide bonds. The third-order valence-electron chi connectivity index (χ3n) is 3.76. The van der Waals surface area contributed by atoms with Crippen LogP contribution >= 0.6 is 11.8 Å². The average Bonchev–Trinajstić information content (AvgIpc) is 2.95. The number of hydrogen-bond acceptors (Lipinski definition) is 4. The summed E-state index contributed by atoms with van der Waals surface area (Å²) in [7, 11) is 0. The number of anilines is 1. The van der Waals surface area contributed by atoms with Crippen LogP contribution in [0, 0.1) is 5.82 Å². The molecule has 2 rings (SSSR count). The number of rotatable bonds is 6. The number of nitrogens with zero attached hydrogens (tertiary/aromatic N) is 2. The Morgan fingerprint density at radius 1 is 1.64 bits per heavy atom. The van der Waals surface area contributed by atoms with E-state index >= 15 is 0 Å². The first-order chi connectivity index (χ1) is 10.6. The minimum atomic E-state index is -0.321. The number of hydrogen-bond donors (Lipinski definition) is 2. The van der Waals surface area contributed by atoms with Crippen molar-refractivity contribution < 1.29 is 9.18 Å². The van der Waals surface area contributed by atoms with Crippen molar-refractivity contribution >= 4 is 23.6 Å². The van der Waals surface area contributed by atoms with Crippen LogP contribution in [0.15, 0.2) is 18.3 Å². The molecule has 0 saturated carbocycles. The van der Waals surface area contributed by atoms with Gasteiger partial charge in [-0.2, -0.15) is 11.8 Å². The lowest BCUT2D eigenvalue weighted by Crippen LogP contribution is -2.47. The normalized spacial score (nSPS) is 19.0. The van der Waals surface area contributed by atoms with Crippen LogP contribution in [0.3, 0.4) is 0 Å². The number of thioether (sulfide) groups is 1. The Balaban J connectivity index is 1.83. The second kappa shape index (κ2) is 8.22. The molecule has 1 saturated heterocycles. The second-order valence-corrected chi connectivity index (χ2v) is 6.33. The summed E-state index contributed by atoms with van der Waals surface area (Å²) in [6, 6.07) is 3.04. The molecule has 0 aromatic carbocycles. The number of carbonyl (C=O) groups is 1. The lowest BCUT2D eigenvalue weighted by atomic mass is 10.2. The van der Waals surface area contributed by atoms with Crippen molar-refractivity contribution in [2.45, 2.75) is 31.8 Å². The molecule has 2 heterocycles. The number of carbonyl (C=O) groups excluding carboxylic acids is 1. The first-order valence-corrected chi connectivity index (χ1v) is 8.94. The van der Waals surface area contributed by atoms with Gasteiger partial charge in [0.2, 0.25) is 0 Å². The van der Waals surface area contributed by atoms with Crippen molar-refractivity contribution in [2.75, 3.05) is 30.0 Å². The number of nitrogens with one attached hydrogen (secondary N) is 2. The van der Waals surface area contributed by atoms with E-state index < -0.39 is 0 Å². The summed E-state index contributed by atoms with van der Waals surface area (Å²) in [5.41, 5.74) is 0. The monoisotopic (exact) mass is 326 g/mol. The summed E-state index contributed by atoms with van der Waals surface area (Å²) in [6.07, 6.45) is 5.31. The highest BCUT2D eigenvalue weighted by atomic mass is 32.2. The summed E-state index contributed by atoms with van der Waals surface area (Å²) in [4.78, 5) is 18.0. The molecule has 7 heteroatoms. The lowest BCUT2D eigenvalue weighted by molar-refractivity contribution is 0.234. The molecule has 1 aliphatic heterocycles. The molecule has 2 N–H and O–H groups in total. The molecule has 1 aromatic heterocycles. The SMILES string of the molecule is CC[C@H](CSC)NC(=O)N[C@@H]1CCN(c2ncccc2F)C1. The predicted molar refractivity (Wildman–Crippen MR) is 88.9 cm³/mol. The van der Waals surface area contributed by atoms with Crippen LogP contribution in [-0.4, -0.2) is 48.2 Å². The maximum atomic E-state index is 13.7. The standard InChI is InChI=1S/C15H23FN4OS/c1-3-11(10-22-2)18-15(21)19-12-6-8-20(9-12)14-13(16)5-4-7-17-14/h4-5,7,11-12H,3,6,8-10H2,1-2H3,(H2,18,19,21)/t11-,12-/m1/s1. The molecule has 0 bridgehead atoms. The second-order valence-electron chi connectivity index (χ2n) is 5.42. The van der Waals surface area contributed by atoms with Gasteiger partial charge in [0.05, 0.1) is 0 Å². The van der Waals surface area contributed by atoms with E-state index in [1.807, 2.05) is 11.2 Å². The number of pyridine rings is 1. The molecule has 0 aliphatic carbocycles. The highest BCUT2D eigenvalue weighted by molar-refractivity contribution is 7.98. The van der Waals surface area contributed by atoms with Crippen molar-refractivity contribution in [3.05, 3.63) is 24.1 Å². The summed E-state index contributed by atoms with van der Waals surface area (Å²) in [6.45, 7) is 3.34. The zero-order valence-corrected chi connectivity index (χ0v) is 13.8. The summed E-state index contributed by atoms with van der Waals surface area (Å²) >= 11 is 1.72. The fourth-order valence-corrected chi connectivity index (χ4v) is 3.28. The largest absolute Gasteiger partial charge is 0.352 e. The van der Waals surface area contributed by atoms with Gasteiger partial charge in [0.25, 0.3) is 0 Å². The molecular formula is C15H23FN4OS. The molecule has 122 valence electrons. The first kappa shape index (κ1) is 16.9. The van der Waals surface area contributed by atoms with Gasteiger partial charge in [0, 0.05) is 37.1 Å². The Morgan fingerprint density at radius 3 is 3.14 bits per heavy atom. The Labute approximate surface area is 135 Å². The van der Waals surface area contributed by atoms with Crippen molar-refractivity contribution in [3.8, 4) is 0 Å². The van der Waals surface area contributed by atoms with E-state index in [2.05, 4.69) is 22.5 Å². The van der Waals surface area contributed by atoms with Gasteiger partial charge >= 0.3 is 6.03 Å². The molecule has 1 aliphatic rings. The minimum Gasteiger partial charge on any atom is -0.352 e. The maximum absolute atomic E-state index is 13.7. The minimum absolute atomic E-state index is 0.0215. The summed E-state index contributed by atoms with van der Waals surface area (Å²) in [5.74, 6) is 0.944. The molecular weight excluding hydrogens is 303 g/mol. The number of halogens is 1. The third-order valence-corrected chi connectivity index (χ3v) is 4.49. The summed E-state index contributed by atoms with van der Waals surface area (Å²) < 4.78 is 13.7. The molecule has 2 atom stereocenters. The molecule has 1 aromatic rings. The van der Waals surface area contributed by atoms with E-state index in [-0.39, 0.29) is 23.9 Å². The van der Waals surface area contributed by atoms with E-state index in [9.17, 15) is 9.18 Å². The van der Waals surface area contributed by atoms with E-state index in [4.69, 9.17) is 0 Å². The molecule has 22 heavy (non-hydrogen) atoms. The van der Waals surface area contributed by atoms with E-state index in [0.29, 0.717) is 18.9 Å². The first-order valence-electron chi connectivity index (χ1n) is 7.55. The van der Waals surface area contributed by atoms with Gasteiger partial charge < -0.3 is 15.5 Å². The van der Waals surface area contributed by atoms with Crippen molar-refractivity contribution in [2.24, 2.45) is 0 Å². The van der Waals surface area contributed by atoms with Gasteiger partial charge in [-0.1, -0.05) is 6.92 Å². The number of aromatic nitrogens is 1. The Bertz CT molecular complexity index is 502. The van der Waals surface area contributed by atoms with E-state index in [1.165, 1.54) is 6.07 Å². The quantitative estimate of drug-likeness (QED) is 0.842. The topological polar surface area (TPSA) is 57.3 Å². The molecule has 0 radical (unpaired) electrons. The van der Waals surface area contributed by atoms with Crippen molar-refractivity contribution in [1.82, 2.24) is 15.6 Å². The Morgan fingerprint density at radius 2 is 2.45 bits per heavy atom. The predicted octanol–water partition coefficient (Wildman–Crippen LogP) is 2.24. The fourth-order valence-electron chi connectivity index (χ4n) is 2.56. The van der Waals surface area contributed by atoms with E-state index in [0.717, 1.165) is 18.6 Å². The zero-order chi connectivity index (χ0) is 15.9. The lowest BCUT2D eigenvalue weighted by Gasteiger charge is -2.20. The van der Waals surface area contributed by atoms with Crippen LogP contribution in [0.5, 0.6) is 0 Å². The number of amides is 2. The Hall–Kier alpha value is -1.50. The Kier molecular flexibility index (Phi) is 6.30. The maximum Gasteiger partial charge on any atom is 0.315 e. The van der Waals surface area contributed by atoms with Crippen LogP contribution < -0.4 is 15.5 Å². The van der Waals surface area contributed by atoms with Crippen molar-refractivity contribution in [1.29, 1.82) is 0 Å². The molecule has 1 fully saturated rings. The highest BCUT2D eigenvalue weighted by Crippen LogP contribution is 2.20. The number of urea groups is 1. The van der Waals surface area contributed by atoms with Crippen LogP contribution in [0.25, 0.3) is 0 Å². The van der Waals surface area contributed by atoms with E-state index in [1.54, 1.807) is 24.0 Å². The van der Waals surface area contributed by atoms with Gasteiger partial charge in [0.15, 0.2) is 11.6 Å². The van der Waals surface area contributed by atoms with Gasteiger partial charge in [0.1, 0.15) is 0 Å². The fraction of sp³-hybridized carbons (Fsp3) is 0.600. The van der Waals surface area contributed by atoms with Crippen LogP contribution in [0.2, 0.25) is 0 Å². The summed E-state index contributed by atoms with van der Waals surface area (Å²) in [5, 5.41) is 5.95. The van der Waals surface area contributed by atoms with Gasteiger partial charge in [-0.25, -0.2) is 14.2 Å². The van der Waals surface area contributed by atoms with Crippen LogP contribution in [0.1, 0.15) is 19.8 Å². The van der Waals surface area contributed by atoms with Gasteiger partial charge in [-0.05, 0) is 31.2 Å². The van der Waals surface area contributed by atoms with Crippen LogP contribution in [-0.2, 0) is 0 Å². The zero-order valence-electron chi connectivity index (χ0n) is 13.0. The molecule has 5 nitrogen and oxygen atoms in total. The van der Waals surface area contributed by atoms with Crippen molar-refractivity contribution in [3.63, 3.8) is 0 Å². The van der Waals surface area contributed by atoms with Gasteiger partial charge in [-0.3, -0.25) is 0 Å². The van der Waals surface area contributed by atoms with Gasteiger partial charge in [-0.15, -0.1) is 0 Å². The highest BCUT2D eigenvalue weighted by Gasteiger charge is 2.26. The molecule has 0 spiro atoms.